The first-order chi connectivity index (χ1) is 8.58. The van der Waals surface area contributed by atoms with Crippen molar-refractivity contribution in [2.45, 2.75) is 0 Å². The molecule has 0 bridgehead atoms. The molecule has 2 nitrogen and oxygen atoms in total. The van der Waals surface area contributed by atoms with Crippen LogP contribution in [0.3, 0.4) is 0 Å². The van der Waals surface area contributed by atoms with Gasteiger partial charge in [-0.1, -0.05) is 31.9 Å². The highest BCUT2D eigenvalue weighted by Gasteiger charge is 2.03. The van der Waals surface area contributed by atoms with Crippen molar-refractivity contribution in [2.24, 2.45) is 0 Å². The predicted octanol–water partition coefficient (Wildman–Crippen LogP) is 5.59. The Morgan fingerprint density at radius 1 is 0.944 bits per heavy atom. The van der Waals surface area contributed by atoms with E-state index in [2.05, 4.69) is 59.2 Å². The van der Waals surface area contributed by atoms with E-state index in [-0.39, 0.29) is 0 Å². The van der Waals surface area contributed by atoms with Gasteiger partial charge in [0.1, 0.15) is 0 Å². The number of nitrogens with zero attached hydrogens (tertiary/aromatic N) is 1. The van der Waals surface area contributed by atoms with Crippen molar-refractivity contribution in [3.63, 3.8) is 0 Å². The summed E-state index contributed by atoms with van der Waals surface area (Å²) in [4.78, 5) is 0. The first kappa shape index (κ1) is 13.6. The molecule has 2 aromatic carbocycles. The van der Waals surface area contributed by atoms with E-state index in [1.54, 1.807) is 12.1 Å². The molecular weight excluding hydrogens is 424 g/mol. The number of nitriles is 1. The van der Waals surface area contributed by atoms with Gasteiger partial charge >= 0.3 is 0 Å². The molecule has 0 amide bonds. The number of anilines is 2. The number of halogens is 3. The number of hydrogen-bond donors (Lipinski definition) is 1. The molecule has 90 valence electrons. The first-order valence-electron chi connectivity index (χ1n) is 5.01. The quantitative estimate of drug-likeness (QED) is 0.674. The van der Waals surface area contributed by atoms with Gasteiger partial charge in [-0.25, -0.2) is 0 Å². The standard InChI is InChI=1S/C13H7Br3N2/c14-9-1-2-13(12(16)6-9)18-11-4-8(7-17)3-10(15)5-11/h1-6,18H. The van der Waals surface area contributed by atoms with Crippen LogP contribution in [-0.2, 0) is 0 Å². The Morgan fingerprint density at radius 3 is 2.39 bits per heavy atom. The van der Waals surface area contributed by atoms with E-state index in [9.17, 15) is 0 Å². The molecule has 2 aromatic rings. The van der Waals surface area contributed by atoms with Crippen LogP contribution in [0.5, 0.6) is 0 Å². The van der Waals surface area contributed by atoms with Crippen LogP contribution in [-0.4, -0.2) is 0 Å². The maximum absolute atomic E-state index is 8.93. The summed E-state index contributed by atoms with van der Waals surface area (Å²) in [7, 11) is 0. The number of hydrogen-bond acceptors (Lipinski definition) is 2. The lowest BCUT2D eigenvalue weighted by atomic mass is 10.2. The minimum atomic E-state index is 0.611. The van der Waals surface area contributed by atoms with Crippen LogP contribution in [0.4, 0.5) is 11.4 Å². The Morgan fingerprint density at radius 2 is 1.72 bits per heavy atom. The number of rotatable bonds is 2. The monoisotopic (exact) mass is 428 g/mol. The van der Waals surface area contributed by atoms with Gasteiger partial charge in [0.15, 0.2) is 0 Å². The molecule has 0 aliphatic heterocycles. The van der Waals surface area contributed by atoms with E-state index < -0.39 is 0 Å². The van der Waals surface area contributed by atoms with Crippen molar-refractivity contribution in [3.05, 3.63) is 55.4 Å². The van der Waals surface area contributed by atoms with Gasteiger partial charge in [0, 0.05) is 19.1 Å². The zero-order valence-corrected chi connectivity index (χ0v) is 13.8. The normalized spacial score (nSPS) is 9.89. The van der Waals surface area contributed by atoms with Crippen LogP contribution < -0.4 is 5.32 Å². The Labute approximate surface area is 130 Å². The largest absolute Gasteiger partial charge is 0.355 e. The van der Waals surface area contributed by atoms with E-state index in [4.69, 9.17) is 5.26 Å². The van der Waals surface area contributed by atoms with Crippen molar-refractivity contribution >= 4 is 59.2 Å². The SMILES string of the molecule is N#Cc1cc(Br)cc(Nc2ccc(Br)cc2Br)c1. The molecule has 0 unspecified atom stereocenters. The zero-order valence-electron chi connectivity index (χ0n) is 9.05. The van der Waals surface area contributed by atoms with Crippen LogP contribution in [0, 0.1) is 11.3 Å². The lowest BCUT2D eigenvalue weighted by molar-refractivity contribution is 1.45. The van der Waals surface area contributed by atoms with Gasteiger partial charge in [-0.2, -0.15) is 5.26 Å². The van der Waals surface area contributed by atoms with E-state index in [0.29, 0.717) is 5.56 Å². The second kappa shape index (κ2) is 5.87. The summed E-state index contributed by atoms with van der Waals surface area (Å²) in [5, 5.41) is 12.2. The molecular formula is C13H7Br3N2. The minimum absolute atomic E-state index is 0.611. The molecule has 0 atom stereocenters. The van der Waals surface area contributed by atoms with Gasteiger partial charge in [-0.05, 0) is 52.3 Å². The van der Waals surface area contributed by atoms with Gasteiger partial charge in [0.25, 0.3) is 0 Å². The Bertz CT molecular complexity index is 633. The van der Waals surface area contributed by atoms with E-state index in [1.807, 2.05) is 24.3 Å². The highest BCUT2D eigenvalue weighted by atomic mass is 79.9. The molecule has 5 heteroatoms. The average Bonchev–Trinajstić information content (AvgIpc) is 2.32. The molecule has 0 fully saturated rings. The van der Waals surface area contributed by atoms with E-state index in [1.165, 1.54) is 0 Å². The fraction of sp³-hybridized carbons (Fsp3) is 0. The fourth-order valence-corrected chi connectivity index (χ4v) is 3.11. The second-order valence-electron chi connectivity index (χ2n) is 3.59. The Kier molecular flexibility index (Phi) is 4.44. The molecule has 0 radical (unpaired) electrons. The Balaban J connectivity index is 2.34. The van der Waals surface area contributed by atoms with Crippen LogP contribution in [0.2, 0.25) is 0 Å². The Hall–Kier alpha value is -0.830. The molecule has 0 aliphatic rings. The van der Waals surface area contributed by atoms with Crippen molar-refractivity contribution in [1.29, 1.82) is 5.26 Å². The van der Waals surface area contributed by atoms with Crippen LogP contribution in [0.25, 0.3) is 0 Å². The van der Waals surface area contributed by atoms with Gasteiger partial charge in [-0.15, -0.1) is 0 Å². The molecule has 0 aliphatic carbocycles. The molecule has 2 rings (SSSR count). The van der Waals surface area contributed by atoms with Crippen molar-refractivity contribution in [1.82, 2.24) is 0 Å². The molecule has 0 aromatic heterocycles. The lowest BCUT2D eigenvalue weighted by Crippen LogP contribution is -1.92. The molecule has 18 heavy (non-hydrogen) atoms. The maximum atomic E-state index is 8.93. The molecule has 1 N–H and O–H groups in total. The highest BCUT2D eigenvalue weighted by molar-refractivity contribution is 9.11. The van der Waals surface area contributed by atoms with E-state index >= 15 is 0 Å². The minimum Gasteiger partial charge on any atom is -0.355 e. The van der Waals surface area contributed by atoms with Gasteiger partial charge in [-0.3, -0.25) is 0 Å². The summed E-state index contributed by atoms with van der Waals surface area (Å²) >= 11 is 10.3. The second-order valence-corrected chi connectivity index (χ2v) is 6.28. The zero-order chi connectivity index (χ0) is 13.1. The summed E-state index contributed by atoms with van der Waals surface area (Å²) in [6.45, 7) is 0. The smallest absolute Gasteiger partial charge is 0.0992 e. The fourth-order valence-electron chi connectivity index (χ4n) is 1.47. The summed E-state index contributed by atoms with van der Waals surface area (Å²) < 4.78 is 2.83. The topological polar surface area (TPSA) is 35.8 Å². The summed E-state index contributed by atoms with van der Waals surface area (Å²) in [5.41, 5.74) is 2.42. The first-order valence-corrected chi connectivity index (χ1v) is 7.39. The van der Waals surface area contributed by atoms with Crippen molar-refractivity contribution < 1.29 is 0 Å². The summed E-state index contributed by atoms with van der Waals surface area (Å²) in [6.07, 6.45) is 0. The van der Waals surface area contributed by atoms with Crippen LogP contribution >= 0.6 is 47.8 Å². The maximum Gasteiger partial charge on any atom is 0.0992 e. The van der Waals surface area contributed by atoms with Crippen molar-refractivity contribution in [2.75, 3.05) is 5.32 Å². The summed E-state index contributed by atoms with van der Waals surface area (Å²) in [6, 6.07) is 13.5. The predicted molar refractivity (Wildman–Crippen MR) is 84.0 cm³/mol. The van der Waals surface area contributed by atoms with Crippen molar-refractivity contribution in [3.8, 4) is 6.07 Å². The number of benzene rings is 2. The van der Waals surface area contributed by atoms with Gasteiger partial charge in [0.2, 0.25) is 0 Å². The van der Waals surface area contributed by atoms with Gasteiger partial charge in [0.05, 0.1) is 17.3 Å². The van der Waals surface area contributed by atoms with Crippen LogP contribution in [0.1, 0.15) is 5.56 Å². The molecule has 0 saturated carbocycles. The van der Waals surface area contributed by atoms with E-state index in [0.717, 1.165) is 24.8 Å². The summed E-state index contributed by atoms with van der Waals surface area (Å²) in [5.74, 6) is 0. The third-order valence-corrected chi connectivity index (χ3v) is 3.84. The molecule has 0 spiro atoms. The highest BCUT2D eigenvalue weighted by Crippen LogP contribution is 2.30. The molecule has 0 saturated heterocycles. The lowest BCUT2D eigenvalue weighted by Gasteiger charge is -2.09. The van der Waals surface area contributed by atoms with Crippen LogP contribution in [0.15, 0.2) is 49.8 Å². The number of nitrogens with one attached hydrogen (secondary N) is 1. The third-order valence-electron chi connectivity index (χ3n) is 2.24. The molecule has 0 heterocycles. The van der Waals surface area contributed by atoms with Gasteiger partial charge < -0.3 is 5.32 Å². The third kappa shape index (κ3) is 3.35. The average molecular weight is 431 g/mol.